The Bertz CT molecular complexity index is 559. The number of phenols is 1. The Morgan fingerprint density at radius 2 is 2.13 bits per heavy atom. The van der Waals surface area contributed by atoms with Gasteiger partial charge in [-0.2, -0.15) is 0 Å². The molecule has 78 valence electrons. The molecule has 2 aromatic rings. The molecule has 15 heavy (non-hydrogen) atoms. The van der Waals surface area contributed by atoms with E-state index in [0.29, 0.717) is 10.9 Å². The van der Waals surface area contributed by atoms with E-state index >= 15 is 0 Å². The monoisotopic (exact) mass is 225 g/mol. The van der Waals surface area contributed by atoms with E-state index in [1.807, 2.05) is 0 Å². The minimum atomic E-state index is -1.07. The second-order valence-corrected chi connectivity index (χ2v) is 3.59. The van der Waals surface area contributed by atoms with Crippen molar-refractivity contribution in [1.82, 2.24) is 4.57 Å². The van der Waals surface area contributed by atoms with Gasteiger partial charge in [-0.15, -0.1) is 0 Å². The van der Waals surface area contributed by atoms with Crippen molar-refractivity contribution in [3.8, 4) is 5.75 Å². The summed E-state index contributed by atoms with van der Waals surface area (Å²) in [4.78, 5) is 11.0. The lowest BCUT2D eigenvalue weighted by molar-refractivity contribution is 0.0699. The smallest absolute Gasteiger partial charge is 0.339 e. The van der Waals surface area contributed by atoms with Gasteiger partial charge in [0.05, 0.1) is 5.52 Å². The number of rotatable bonds is 1. The highest BCUT2D eigenvalue weighted by Gasteiger charge is 2.19. The summed E-state index contributed by atoms with van der Waals surface area (Å²) in [5.74, 6) is -0.993. The molecule has 0 spiro atoms. The molecule has 2 N–H and O–H groups in total. The van der Waals surface area contributed by atoms with E-state index in [-0.39, 0.29) is 16.5 Å². The average Bonchev–Trinajstić information content (AvgIpc) is 2.41. The fraction of sp³-hybridized carbons (Fsp3) is 0.100. The number of carbonyl (C=O) groups is 1. The molecule has 4 nitrogen and oxygen atoms in total. The highest BCUT2D eigenvalue weighted by atomic mass is 35.5. The number of nitrogens with zero attached hydrogens (tertiary/aromatic N) is 1. The summed E-state index contributed by atoms with van der Waals surface area (Å²) in [5, 5.41) is 19.0. The molecule has 0 aliphatic rings. The lowest BCUT2D eigenvalue weighted by Crippen LogP contribution is -1.96. The Morgan fingerprint density at radius 3 is 2.73 bits per heavy atom. The number of aryl methyl sites for hydroxylation is 1. The van der Waals surface area contributed by atoms with Crippen molar-refractivity contribution in [2.24, 2.45) is 7.05 Å². The molecule has 0 amide bonds. The van der Waals surface area contributed by atoms with Crippen LogP contribution in [-0.4, -0.2) is 20.7 Å². The van der Waals surface area contributed by atoms with Crippen molar-refractivity contribution in [1.29, 1.82) is 0 Å². The van der Waals surface area contributed by atoms with E-state index < -0.39 is 5.97 Å². The van der Waals surface area contributed by atoms with E-state index in [1.54, 1.807) is 13.1 Å². The van der Waals surface area contributed by atoms with Crippen LogP contribution in [0.1, 0.15) is 10.4 Å². The highest BCUT2D eigenvalue weighted by Crippen LogP contribution is 2.31. The van der Waals surface area contributed by atoms with Gasteiger partial charge in [-0.3, -0.25) is 0 Å². The van der Waals surface area contributed by atoms with E-state index in [2.05, 4.69) is 0 Å². The van der Waals surface area contributed by atoms with Crippen LogP contribution in [0.25, 0.3) is 10.9 Å². The van der Waals surface area contributed by atoms with Crippen LogP contribution in [0.2, 0.25) is 5.15 Å². The van der Waals surface area contributed by atoms with Crippen LogP contribution >= 0.6 is 11.6 Å². The molecule has 5 heteroatoms. The maximum Gasteiger partial charge on any atom is 0.339 e. The molecule has 0 saturated heterocycles. The Kier molecular flexibility index (Phi) is 2.08. The number of benzene rings is 1. The number of aromatic carboxylic acids is 1. The van der Waals surface area contributed by atoms with Crippen molar-refractivity contribution in [2.45, 2.75) is 0 Å². The number of hydrogen-bond acceptors (Lipinski definition) is 2. The van der Waals surface area contributed by atoms with Gasteiger partial charge in [-0.25, -0.2) is 4.79 Å². The molecular formula is C10H8ClNO3. The number of aromatic nitrogens is 1. The summed E-state index contributed by atoms with van der Waals surface area (Å²) in [6.45, 7) is 0. The van der Waals surface area contributed by atoms with Crippen LogP contribution in [-0.2, 0) is 7.05 Å². The highest BCUT2D eigenvalue weighted by molar-refractivity contribution is 6.35. The van der Waals surface area contributed by atoms with Crippen LogP contribution < -0.4 is 0 Å². The van der Waals surface area contributed by atoms with Crippen molar-refractivity contribution < 1.29 is 15.0 Å². The number of halogens is 1. The normalized spacial score (nSPS) is 10.8. The summed E-state index contributed by atoms with van der Waals surface area (Å²) < 4.78 is 1.53. The van der Waals surface area contributed by atoms with Crippen LogP contribution in [0.15, 0.2) is 18.2 Å². The molecule has 0 unspecified atom stereocenters. The second kappa shape index (κ2) is 3.17. The minimum absolute atomic E-state index is 0.0640. The SMILES string of the molecule is Cn1c(Cl)c(C(=O)O)c2ccc(O)cc21. The third kappa shape index (κ3) is 1.34. The molecular weight excluding hydrogens is 218 g/mol. The molecule has 0 aliphatic heterocycles. The van der Waals surface area contributed by atoms with Crippen LogP contribution in [0.3, 0.4) is 0 Å². The lowest BCUT2D eigenvalue weighted by atomic mass is 10.2. The number of fused-ring (bicyclic) bond motifs is 1. The molecule has 0 saturated carbocycles. The van der Waals surface area contributed by atoms with E-state index in [4.69, 9.17) is 16.7 Å². The van der Waals surface area contributed by atoms with Crippen LogP contribution in [0.4, 0.5) is 0 Å². The molecule has 0 atom stereocenters. The zero-order chi connectivity index (χ0) is 11.2. The van der Waals surface area contributed by atoms with Crippen molar-refractivity contribution in [3.05, 3.63) is 28.9 Å². The number of carboxylic acids is 1. The molecule has 1 heterocycles. The van der Waals surface area contributed by atoms with Gasteiger partial charge in [0.1, 0.15) is 16.5 Å². The predicted molar refractivity (Wildman–Crippen MR) is 56.6 cm³/mol. The van der Waals surface area contributed by atoms with Gasteiger partial charge in [0.15, 0.2) is 0 Å². The summed E-state index contributed by atoms with van der Waals surface area (Å²) in [6.07, 6.45) is 0. The Hall–Kier alpha value is -1.68. The first kappa shape index (κ1) is 9.86. The van der Waals surface area contributed by atoms with E-state index in [0.717, 1.165) is 0 Å². The predicted octanol–water partition coefficient (Wildman–Crippen LogP) is 2.24. The second-order valence-electron chi connectivity index (χ2n) is 3.23. The van der Waals surface area contributed by atoms with Crippen LogP contribution in [0.5, 0.6) is 5.75 Å². The largest absolute Gasteiger partial charge is 0.508 e. The first-order chi connectivity index (χ1) is 7.02. The van der Waals surface area contributed by atoms with E-state index in [1.165, 1.54) is 16.7 Å². The summed E-state index contributed by atoms with van der Waals surface area (Å²) in [6, 6.07) is 4.46. The molecule has 0 bridgehead atoms. The first-order valence-electron chi connectivity index (χ1n) is 4.22. The first-order valence-corrected chi connectivity index (χ1v) is 4.60. The van der Waals surface area contributed by atoms with Crippen molar-refractivity contribution in [2.75, 3.05) is 0 Å². The molecule has 0 aliphatic carbocycles. The zero-order valence-corrected chi connectivity index (χ0v) is 8.62. The van der Waals surface area contributed by atoms with Crippen LogP contribution in [0, 0.1) is 0 Å². The van der Waals surface area contributed by atoms with E-state index in [9.17, 15) is 9.90 Å². The maximum atomic E-state index is 11.0. The van der Waals surface area contributed by atoms with Gasteiger partial charge < -0.3 is 14.8 Å². The summed E-state index contributed by atoms with van der Waals surface area (Å²) in [5.41, 5.74) is 0.659. The van der Waals surface area contributed by atoms with Gasteiger partial charge in [0.25, 0.3) is 0 Å². The molecule has 1 aromatic carbocycles. The summed E-state index contributed by atoms with van der Waals surface area (Å²) in [7, 11) is 1.65. The van der Waals surface area contributed by atoms with Gasteiger partial charge >= 0.3 is 5.97 Å². The van der Waals surface area contributed by atoms with Gasteiger partial charge in [0.2, 0.25) is 0 Å². The number of phenolic OH excluding ortho intramolecular Hbond substituents is 1. The molecule has 2 rings (SSSR count). The van der Waals surface area contributed by atoms with Crippen molar-refractivity contribution in [3.63, 3.8) is 0 Å². The van der Waals surface area contributed by atoms with Gasteiger partial charge in [0, 0.05) is 18.5 Å². The average molecular weight is 226 g/mol. The lowest BCUT2D eigenvalue weighted by Gasteiger charge is -1.96. The minimum Gasteiger partial charge on any atom is -0.508 e. The third-order valence-corrected chi connectivity index (χ3v) is 2.77. The Labute approximate surface area is 90.3 Å². The maximum absolute atomic E-state index is 11.0. The van der Waals surface area contributed by atoms with Gasteiger partial charge in [-0.05, 0) is 12.1 Å². The summed E-state index contributed by atoms with van der Waals surface area (Å²) >= 11 is 5.88. The number of hydrogen-bond donors (Lipinski definition) is 2. The standard InChI is InChI=1S/C10H8ClNO3/c1-12-7-4-5(13)2-3-6(7)8(9(12)11)10(14)15/h2-4,13H,1H3,(H,14,15). The van der Waals surface area contributed by atoms with Crippen molar-refractivity contribution >= 4 is 28.5 Å². The Morgan fingerprint density at radius 1 is 1.47 bits per heavy atom. The number of aromatic hydroxyl groups is 1. The third-order valence-electron chi connectivity index (χ3n) is 2.33. The molecule has 1 aromatic heterocycles. The molecule has 0 fully saturated rings. The topological polar surface area (TPSA) is 62.5 Å². The quantitative estimate of drug-likeness (QED) is 0.782. The Balaban J connectivity index is 2.93. The molecule has 0 radical (unpaired) electrons. The zero-order valence-electron chi connectivity index (χ0n) is 7.86. The fourth-order valence-corrected chi connectivity index (χ4v) is 1.87. The van der Waals surface area contributed by atoms with Gasteiger partial charge in [-0.1, -0.05) is 11.6 Å². The fourth-order valence-electron chi connectivity index (χ4n) is 1.60. The number of carboxylic acid groups (broad SMARTS) is 1.